The Hall–Kier alpha value is -3.26. The zero-order valence-corrected chi connectivity index (χ0v) is 16.4. The van der Waals surface area contributed by atoms with E-state index in [9.17, 15) is 8.42 Å². The highest BCUT2D eigenvalue weighted by Crippen LogP contribution is 2.26. The number of sulfonamides is 1. The van der Waals surface area contributed by atoms with Gasteiger partial charge in [0.25, 0.3) is 10.0 Å². The summed E-state index contributed by atoms with van der Waals surface area (Å²) in [6, 6.07) is 17.0. The van der Waals surface area contributed by atoms with Crippen LogP contribution in [0.3, 0.4) is 0 Å². The molecule has 0 saturated carbocycles. The Morgan fingerprint density at radius 1 is 1.00 bits per heavy atom. The second kappa shape index (κ2) is 8.62. The smallest absolute Gasteiger partial charge is 0.261 e. The number of hydrogen-bond acceptors (Lipinski definition) is 6. The molecule has 0 amide bonds. The van der Waals surface area contributed by atoms with Gasteiger partial charge in [-0.3, -0.25) is 4.72 Å². The zero-order chi connectivity index (χ0) is 20.0. The predicted molar refractivity (Wildman–Crippen MR) is 109 cm³/mol. The Bertz CT molecular complexity index is 1020. The number of nitrogens with one attached hydrogen (secondary N) is 2. The van der Waals surface area contributed by atoms with Crippen LogP contribution in [0.2, 0.25) is 0 Å². The van der Waals surface area contributed by atoms with Gasteiger partial charge in [-0.1, -0.05) is 12.1 Å². The van der Waals surface area contributed by atoms with Gasteiger partial charge in [0.15, 0.2) is 0 Å². The minimum atomic E-state index is -3.71. The molecule has 0 radical (unpaired) electrons. The van der Waals surface area contributed by atoms with Gasteiger partial charge < -0.3 is 14.8 Å². The van der Waals surface area contributed by atoms with Crippen molar-refractivity contribution in [1.82, 2.24) is 4.98 Å². The van der Waals surface area contributed by atoms with Gasteiger partial charge >= 0.3 is 0 Å². The minimum Gasteiger partial charge on any atom is -0.495 e. The van der Waals surface area contributed by atoms with E-state index in [-0.39, 0.29) is 4.90 Å². The summed E-state index contributed by atoms with van der Waals surface area (Å²) < 4.78 is 38.2. The van der Waals surface area contributed by atoms with Crippen LogP contribution in [0.25, 0.3) is 0 Å². The van der Waals surface area contributed by atoms with E-state index < -0.39 is 10.0 Å². The molecule has 8 heteroatoms. The molecule has 28 heavy (non-hydrogen) atoms. The average molecular weight is 399 g/mol. The summed E-state index contributed by atoms with van der Waals surface area (Å²) in [5, 5.41) is 3.14. The molecule has 2 N–H and O–H groups in total. The third-order valence-corrected chi connectivity index (χ3v) is 5.23. The number of rotatable bonds is 8. The molecule has 0 saturated heterocycles. The molecule has 0 fully saturated rings. The molecule has 0 unspecified atom stereocenters. The standard InChI is InChI=1S/C20H21N3O4S/c1-3-27-16-9-11-17(12-10-16)28(24,25)23-15-8-13-20(21-14-15)22-18-6-4-5-7-19(18)26-2/h4-14,23H,3H2,1-2H3,(H,21,22). The molecule has 1 heterocycles. The van der Waals surface area contributed by atoms with E-state index in [1.807, 2.05) is 31.2 Å². The van der Waals surface area contributed by atoms with Crippen LogP contribution in [-0.2, 0) is 10.0 Å². The van der Waals surface area contributed by atoms with Gasteiger partial charge in [0.2, 0.25) is 0 Å². The molecular weight excluding hydrogens is 378 g/mol. The third kappa shape index (κ3) is 4.72. The summed E-state index contributed by atoms with van der Waals surface area (Å²) in [4.78, 5) is 4.40. The zero-order valence-electron chi connectivity index (χ0n) is 15.5. The van der Waals surface area contributed by atoms with Crippen molar-refractivity contribution in [3.63, 3.8) is 0 Å². The number of aromatic nitrogens is 1. The molecule has 0 aliphatic heterocycles. The van der Waals surface area contributed by atoms with Crippen molar-refractivity contribution in [3.05, 3.63) is 66.9 Å². The summed E-state index contributed by atoms with van der Waals surface area (Å²) in [7, 11) is -2.12. The monoisotopic (exact) mass is 399 g/mol. The third-order valence-electron chi connectivity index (χ3n) is 3.83. The first-order valence-corrected chi connectivity index (χ1v) is 10.1. The number of anilines is 3. The Kier molecular flexibility index (Phi) is 6.00. The number of ether oxygens (including phenoxy) is 2. The van der Waals surface area contributed by atoms with Gasteiger partial charge in [-0.15, -0.1) is 0 Å². The average Bonchev–Trinajstić information content (AvgIpc) is 2.70. The highest BCUT2D eigenvalue weighted by atomic mass is 32.2. The lowest BCUT2D eigenvalue weighted by Crippen LogP contribution is -2.13. The van der Waals surface area contributed by atoms with Crippen molar-refractivity contribution >= 4 is 27.2 Å². The van der Waals surface area contributed by atoms with Crippen LogP contribution >= 0.6 is 0 Å². The van der Waals surface area contributed by atoms with E-state index in [2.05, 4.69) is 15.0 Å². The van der Waals surface area contributed by atoms with E-state index in [0.717, 1.165) is 5.69 Å². The van der Waals surface area contributed by atoms with Crippen LogP contribution < -0.4 is 19.5 Å². The predicted octanol–water partition coefficient (Wildman–Crippen LogP) is 4.03. The first kappa shape index (κ1) is 19.5. The molecule has 0 aliphatic rings. The molecule has 0 atom stereocenters. The van der Waals surface area contributed by atoms with E-state index in [1.165, 1.54) is 18.3 Å². The lowest BCUT2D eigenvalue weighted by molar-refractivity contribution is 0.340. The van der Waals surface area contributed by atoms with Crippen molar-refractivity contribution in [1.29, 1.82) is 0 Å². The van der Waals surface area contributed by atoms with Crippen molar-refractivity contribution < 1.29 is 17.9 Å². The Morgan fingerprint density at radius 2 is 1.75 bits per heavy atom. The number of methoxy groups -OCH3 is 1. The lowest BCUT2D eigenvalue weighted by Gasteiger charge is -2.11. The highest BCUT2D eigenvalue weighted by molar-refractivity contribution is 7.92. The maximum atomic E-state index is 12.5. The number of benzene rings is 2. The van der Waals surface area contributed by atoms with Crippen LogP contribution in [0.4, 0.5) is 17.2 Å². The number of nitrogens with zero attached hydrogens (tertiary/aromatic N) is 1. The van der Waals surface area contributed by atoms with Crippen LogP contribution in [0.5, 0.6) is 11.5 Å². The maximum absolute atomic E-state index is 12.5. The molecule has 0 bridgehead atoms. The number of para-hydroxylation sites is 2. The summed E-state index contributed by atoms with van der Waals surface area (Å²) in [5.74, 6) is 1.87. The fourth-order valence-corrected chi connectivity index (χ4v) is 3.55. The molecule has 0 aliphatic carbocycles. The molecule has 3 rings (SSSR count). The molecule has 7 nitrogen and oxygen atoms in total. The van der Waals surface area contributed by atoms with Gasteiger partial charge in [0.1, 0.15) is 17.3 Å². The largest absolute Gasteiger partial charge is 0.495 e. The Morgan fingerprint density at radius 3 is 2.39 bits per heavy atom. The molecule has 0 spiro atoms. The van der Waals surface area contributed by atoms with Crippen molar-refractivity contribution in [3.8, 4) is 11.5 Å². The van der Waals surface area contributed by atoms with E-state index in [1.54, 1.807) is 31.4 Å². The van der Waals surface area contributed by atoms with Crippen LogP contribution in [0.1, 0.15) is 6.92 Å². The van der Waals surface area contributed by atoms with Gasteiger partial charge in [-0.2, -0.15) is 0 Å². The maximum Gasteiger partial charge on any atom is 0.261 e. The first-order valence-electron chi connectivity index (χ1n) is 8.63. The van der Waals surface area contributed by atoms with E-state index in [4.69, 9.17) is 9.47 Å². The van der Waals surface area contributed by atoms with Crippen LogP contribution in [0.15, 0.2) is 71.8 Å². The fourth-order valence-electron chi connectivity index (χ4n) is 2.51. The highest BCUT2D eigenvalue weighted by Gasteiger charge is 2.14. The minimum absolute atomic E-state index is 0.146. The van der Waals surface area contributed by atoms with Crippen molar-refractivity contribution in [2.45, 2.75) is 11.8 Å². The normalized spacial score (nSPS) is 10.9. The number of pyridine rings is 1. The summed E-state index contributed by atoms with van der Waals surface area (Å²) in [6.45, 7) is 2.39. The quantitative estimate of drug-likeness (QED) is 0.594. The number of hydrogen-bond donors (Lipinski definition) is 2. The van der Waals surface area contributed by atoms with Gasteiger partial charge in [0, 0.05) is 0 Å². The molecule has 146 valence electrons. The lowest BCUT2D eigenvalue weighted by atomic mass is 10.3. The van der Waals surface area contributed by atoms with Gasteiger partial charge in [-0.25, -0.2) is 13.4 Å². The fraction of sp³-hybridized carbons (Fsp3) is 0.150. The SMILES string of the molecule is CCOc1ccc(S(=O)(=O)Nc2ccc(Nc3ccccc3OC)nc2)cc1. The van der Waals surface area contributed by atoms with Gasteiger partial charge in [0.05, 0.1) is 36.2 Å². The first-order chi connectivity index (χ1) is 13.5. The topological polar surface area (TPSA) is 89.6 Å². The molecule has 3 aromatic rings. The van der Waals surface area contributed by atoms with E-state index >= 15 is 0 Å². The second-order valence-corrected chi connectivity index (χ2v) is 7.45. The second-order valence-electron chi connectivity index (χ2n) is 5.77. The van der Waals surface area contributed by atoms with E-state index in [0.29, 0.717) is 29.6 Å². The molecular formula is C20H21N3O4S. The Labute approximate surface area is 164 Å². The van der Waals surface area contributed by atoms with Crippen molar-refractivity contribution in [2.24, 2.45) is 0 Å². The Balaban J connectivity index is 1.71. The summed E-state index contributed by atoms with van der Waals surface area (Å²) in [5.41, 5.74) is 1.12. The van der Waals surface area contributed by atoms with Crippen LogP contribution in [0, 0.1) is 0 Å². The summed E-state index contributed by atoms with van der Waals surface area (Å²) >= 11 is 0. The van der Waals surface area contributed by atoms with Crippen molar-refractivity contribution in [2.75, 3.05) is 23.8 Å². The van der Waals surface area contributed by atoms with Crippen LogP contribution in [-0.4, -0.2) is 27.1 Å². The summed E-state index contributed by atoms with van der Waals surface area (Å²) in [6.07, 6.45) is 1.45. The molecule has 1 aromatic heterocycles. The molecule has 2 aromatic carbocycles. The van der Waals surface area contributed by atoms with Gasteiger partial charge in [-0.05, 0) is 55.5 Å².